The molecule has 4 nitrogen and oxygen atoms in total. The predicted octanol–water partition coefficient (Wildman–Crippen LogP) is 4.83. The average Bonchev–Trinajstić information content (AvgIpc) is 2.91. The van der Waals surface area contributed by atoms with Gasteiger partial charge in [0.05, 0.1) is 38.5 Å². The molecule has 0 aliphatic carbocycles. The van der Waals surface area contributed by atoms with E-state index in [-0.39, 0.29) is 10.9 Å². The number of thiocarbonyl (C=S) groups is 1. The van der Waals surface area contributed by atoms with Gasteiger partial charge in [0.25, 0.3) is 5.91 Å². The number of aromatic nitrogens is 2. The van der Waals surface area contributed by atoms with Crippen LogP contribution in [0.4, 0.5) is 10.1 Å². The van der Waals surface area contributed by atoms with Crippen molar-refractivity contribution in [2.24, 2.45) is 0 Å². The van der Waals surface area contributed by atoms with Crippen LogP contribution < -0.4 is 4.90 Å². The van der Waals surface area contributed by atoms with Gasteiger partial charge in [0.1, 0.15) is 5.82 Å². The number of nitrogens with zero attached hydrogens (tertiary/aromatic N) is 3. The van der Waals surface area contributed by atoms with Crippen molar-refractivity contribution in [1.29, 1.82) is 0 Å². The molecule has 0 unspecified atom stereocenters. The summed E-state index contributed by atoms with van der Waals surface area (Å²) in [5.74, 6) is -0.861. The highest BCUT2D eigenvalue weighted by atomic mass is 35.5. The van der Waals surface area contributed by atoms with E-state index in [1.165, 1.54) is 23.1 Å². The molecular weight excluding hydrogens is 393 g/mol. The number of thioether (sulfide) groups is 1. The Morgan fingerprint density at radius 3 is 2.73 bits per heavy atom. The number of halogens is 2. The normalized spacial score (nSPS) is 16.1. The second-order valence-corrected chi connectivity index (χ2v) is 7.48. The van der Waals surface area contributed by atoms with Gasteiger partial charge in [-0.1, -0.05) is 47.7 Å². The maximum atomic E-state index is 13.4. The molecule has 0 bridgehead atoms. The molecule has 4 rings (SSSR count). The first-order valence-electron chi connectivity index (χ1n) is 7.48. The van der Waals surface area contributed by atoms with E-state index in [1.54, 1.807) is 12.3 Å². The van der Waals surface area contributed by atoms with Crippen LogP contribution in [-0.4, -0.2) is 20.2 Å². The number of amides is 1. The standard InChI is InChI=1S/C18H9ClFN3OS2/c19-12-8-11(5-6-13(12)20)23-17(24)16(26-18(23)25)7-10-9-21-14-3-1-2-4-15(14)22-10/h1-9H/b16-7+. The summed E-state index contributed by atoms with van der Waals surface area (Å²) in [4.78, 5) is 23.3. The van der Waals surface area contributed by atoms with E-state index in [0.717, 1.165) is 22.8 Å². The molecule has 0 N–H and O–H groups in total. The fourth-order valence-electron chi connectivity index (χ4n) is 2.49. The van der Waals surface area contributed by atoms with Gasteiger partial charge in [-0.3, -0.25) is 14.7 Å². The quantitative estimate of drug-likeness (QED) is 0.454. The third kappa shape index (κ3) is 3.09. The molecule has 1 fully saturated rings. The summed E-state index contributed by atoms with van der Waals surface area (Å²) in [6.45, 7) is 0. The Morgan fingerprint density at radius 2 is 1.96 bits per heavy atom. The molecule has 26 heavy (non-hydrogen) atoms. The second-order valence-electron chi connectivity index (χ2n) is 5.40. The zero-order valence-electron chi connectivity index (χ0n) is 13.0. The van der Waals surface area contributed by atoms with Gasteiger partial charge < -0.3 is 0 Å². The number of para-hydroxylation sites is 2. The summed E-state index contributed by atoms with van der Waals surface area (Å²) in [5.41, 5.74) is 2.49. The van der Waals surface area contributed by atoms with Crippen LogP contribution in [0.25, 0.3) is 17.1 Å². The highest BCUT2D eigenvalue weighted by Gasteiger charge is 2.33. The Hall–Kier alpha value is -2.35. The van der Waals surface area contributed by atoms with Crippen LogP contribution in [-0.2, 0) is 4.79 Å². The first-order valence-corrected chi connectivity index (χ1v) is 9.08. The average molecular weight is 402 g/mol. The number of hydrogen-bond donors (Lipinski definition) is 0. The number of carbonyl (C=O) groups is 1. The Balaban J connectivity index is 1.69. The first-order chi connectivity index (χ1) is 12.5. The van der Waals surface area contributed by atoms with E-state index in [2.05, 4.69) is 9.97 Å². The van der Waals surface area contributed by atoms with Gasteiger partial charge in [0.2, 0.25) is 0 Å². The Bertz CT molecular complexity index is 1100. The van der Waals surface area contributed by atoms with Crippen molar-refractivity contribution in [3.05, 3.63) is 70.1 Å². The number of hydrogen-bond acceptors (Lipinski definition) is 5. The van der Waals surface area contributed by atoms with Crippen LogP contribution >= 0.6 is 35.6 Å². The summed E-state index contributed by atoms with van der Waals surface area (Å²) in [6, 6.07) is 11.5. The van der Waals surface area contributed by atoms with Gasteiger partial charge in [-0.15, -0.1) is 0 Å². The highest BCUT2D eigenvalue weighted by molar-refractivity contribution is 8.27. The molecule has 128 valence electrons. The third-order valence-electron chi connectivity index (χ3n) is 3.70. The smallest absolute Gasteiger partial charge is 0.268 e. The number of carbonyl (C=O) groups excluding carboxylic acids is 1. The number of benzene rings is 2. The van der Waals surface area contributed by atoms with Crippen molar-refractivity contribution in [2.75, 3.05) is 4.90 Å². The van der Waals surface area contributed by atoms with Crippen LogP contribution in [0.1, 0.15) is 5.69 Å². The molecule has 0 spiro atoms. The molecule has 3 aromatic rings. The Morgan fingerprint density at radius 1 is 1.19 bits per heavy atom. The van der Waals surface area contributed by atoms with E-state index in [4.69, 9.17) is 23.8 Å². The molecule has 1 aliphatic rings. The lowest BCUT2D eigenvalue weighted by molar-refractivity contribution is -0.113. The zero-order valence-corrected chi connectivity index (χ0v) is 15.4. The summed E-state index contributed by atoms with van der Waals surface area (Å²) in [7, 11) is 0. The molecule has 1 aromatic heterocycles. The zero-order chi connectivity index (χ0) is 18.3. The van der Waals surface area contributed by atoms with Crippen LogP contribution in [0.3, 0.4) is 0 Å². The fourth-order valence-corrected chi connectivity index (χ4v) is 3.95. The van der Waals surface area contributed by atoms with Gasteiger partial charge in [0, 0.05) is 0 Å². The Labute approximate surface area is 162 Å². The van der Waals surface area contributed by atoms with Crippen molar-refractivity contribution in [1.82, 2.24) is 9.97 Å². The molecule has 0 atom stereocenters. The maximum Gasteiger partial charge on any atom is 0.270 e. The van der Waals surface area contributed by atoms with E-state index in [9.17, 15) is 9.18 Å². The largest absolute Gasteiger partial charge is 0.270 e. The van der Waals surface area contributed by atoms with E-state index < -0.39 is 5.82 Å². The third-order valence-corrected chi connectivity index (χ3v) is 5.29. The minimum absolute atomic E-state index is 0.0686. The van der Waals surface area contributed by atoms with Crippen LogP contribution in [0.5, 0.6) is 0 Å². The molecule has 1 aliphatic heterocycles. The lowest BCUT2D eigenvalue weighted by Gasteiger charge is -2.14. The number of rotatable bonds is 2. The van der Waals surface area contributed by atoms with Crippen LogP contribution in [0, 0.1) is 5.82 Å². The van der Waals surface area contributed by atoms with Gasteiger partial charge in [-0.05, 0) is 36.4 Å². The molecule has 1 amide bonds. The van der Waals surface area contributed by atoms with E-state index >= 15 is 0 Å². The molecule has 1 saturated heterocycles. The van der Waals surface area contributed by atoms with Gasteiger partial charge in [-0.25, -0.2) is 9.37 Å². The van der Waals surface area contributed by atoms with Crippen molar-refractivity contribution in [3.63, 3.8) is 0 Å². The van der Waals surface area contributed by atoms with Gasteiger partial charge in [0.15, 0.2) is 4.32 Å². The van der Waals surface area contributed by atoms with Crippen molar-refractivity contribution in [3.8, 4) is 0 Å². The molecule has 2 heterocycles. The summed E-state index contributed by atoms with van der Waals surface area (Å²) in [6.07, 6.45) is 3.24. The van der Waals surface area contributed by atoms with Crippen molar-refractivity contribution in [2.45, 2.75) is 0 Å². The van der Waals surface area contributed by atoms with Crippen LogP contribution in [0.2, 0.25) is 5.02 Å². The predicted molar refractivity (Wildman–Crippen MR) is 107 cm³/mol. The number of anilines is 1. The maximum absolute atomic E-state index is 13.4. The fraction of sp³-hybridized carbons (Fsp3) is 0. The molecule has 0 radical (unpaired) electrons. The van der Waals surface area contributed by atoms with Crippen molar-refractivity contribution < 1.29 is 9.18 Å². The molecule has 0 saturated carbocycles. The van der Waals surface area contributed by atoms with E-state index in [0.29, 0.717) is 20.6 Å². The van der Waals surface area contributed by atoms with E-state index in [1.807, 2.05) is 24.3 Å². The minimum atomic E-state index is -0.553. The summed E-state index contributed by atoms with van der Waals surface area (Å²) in [5, 5.41) is -0.0686. The second kappa shape index (κ2) is 6.75. The molecule has 8 heteroatoms. The topological polar surface area (TPSA) is 46.1 Å². The monoisotopic (exact) mass is 401 g/mol. The highest BCUT2D eigenvalue weighted by Crippen LogP contribution is 2.37. The minimum Gasteiger partial charge on any atom is -0.268 e. The van der Waals surface area contributed by atoms with Gasteiger partial charge in [-0.2, -0.15) is 0 Å². The van der Waals surface area contributed by atoms with Crippen LogP contribution in [0.15, 0.2) is 53.6 Å². The Kier molecular flexibility index (Phi) is 4.44. The lowest BCUT2D eigenvalue weighted by Crippen LogP contribution is -2.27. The number of fused-ring (bicyclic) bond motifs is 1. The molecular formula is C18H9ClFN3OS2. The summed E-state index contributed by atoms with van der Waals surface area (Å²) < 4.78 is 13.7. The lowest BCUT2D eigenvalue weighted by atomic mass is 10.2. The van der Waals surface area contributed by atoms with Crippen molar-refractivity contribution >= 4 is 68.6 Å². The first kappa shape index (κ1) is 17.1. The summed E-state index contributed by atoms with van der Waals surface area (Å²) >= 11 is 12.3. The SMILES string of the molecule is O=C1/C(=C\c2cnc3ccccc3n2)SC(=S)N1c1ccc(F)c(Cl)c1. The van der Waals surface area contributed by atoms with Gasteiger partial charge >= 0.3 is 0 Å². The molecule has 2 aromatic carbocycles.